The third-order valence-corrected chi connectivity index (χ3v) is 8.05. The Labute approximate surface area is 222 Å². The average molecular weight is 564 g/mol. The highest BCUT2D eigenvalue weighted by Crippen LogP contribution is 2.37. The molecular weight excluding hydrogens is 540 g/mol. The zero-order chi connectivity index (χ0) is 26.2. The molecule has 3 atom stereocenters. The van der Waals surface area contributed by atoms with Gasteiger partial charge in [-0.25, -0.2) is 9.97 Å². The average Bonchev–Trinajstić information content (AvgIpc) is 3.39. The molecule has 1 aromatic carbocycles. The van der Waals surface area contributed by atoms with Crippen LogP contribution in [0.1, 0.15) is 57.3 Å². The number of thiophene rings is 1. The molecule has 0 spiro atoms. The van der Waals surface area contributed by atoms with E-state index in [-0.39, 0.29) is 42.2 Å². The lowest BCUT2D eigenvalue weighted by Crippen LogP contribution is -2.32. The lowest BCUT2D eigenvalue weighted by atomic mass is 9.96. The number of hydrogen-bond donors (Lipinski definition) is 4. The predicted octanol–water partition coefficient (Wildman–Crippen LogP) is 3.33. The van der Waals surface area contributed by atoms with Crippen LogP contribution in [-0.4, -0.2) is 52.6 Å². The molecule has 1 radical (unpaired) electrons. The maximum atomic E-state index is 13.5. The summed E-state index contributed by atoms with van der Waals surface area (Å²) in [4.78, 5) is 22.2. The van der Waals surface area contributed by atoms with Crippen molar-refractivity contribution in [3.8, 4) is 0 Å². The predicted molar refractivity (Wildman–Crippen MR) is 138 cm³/mol. The van der Waals surface area contributed by atoms with Crippen LogP contribution in [0, 0.1) is 6.04 Å². The van der Waals surface area contributed by atoms with E-state index >= 15 is 0 Å². The quantitative estimate of drug-likeness (QED) is 0.250. The van der Waals surface area contributed by atoms with Crippen LogP contribution >= 0.6 is 22.9 Å². The van der Waals surface area contributed by atoms with Crippen molar-refractivity contribution >= 4 is 44.8 Å². The highest BCUT2D eigenvalue weighted by Gasteiger charge is 2.37. The summed E-state index contributed by atoms with van der Waals surface area (Å²) in [6.07, 6.45) is 3.37. The molecule has 0 unspecified atom stereocenters. The molecule has 3 aromatic rings. The number of fused-ring (bicyclic) bond motifs is 1. The molecule has 1 aliphatic heterocycles. The number of ether oxygens (including phenoxy) is 1. The zero-order valence-corrected chi connectivity index (χ0v) is 21.8. The van der Waals surface area contributed by atoms with Gasteiger partial charge in [0, 0.05) is 23.9 Å². The SMILES string of the molecule is O=C(c1cc([C@@H]2OCCCc3ccc(Cl)cc32)cs1)c1cncnc1N[C@@H]1C[C](NS(=O)(=O)O)[C@@H](O)C1. The number of nitrogens with zero attached hydrogens (tertiary/aromatic N) is 2. The molecule has 195 valence electrons. The minimum atomic E-state index is -4.50. The number of carbonyl (C=O) groups excluding carboxylic acids is 1. The molecule has 2 aromatic heterocycles. The molecule has 1 fully saturated rings. The van der Waals surface area contributed by atoms with E-state index in [1.807, 2.05) is 34.4 Å². The minimum absolute atomic E-state index is 0.0635. The van der Waals surface area contributed by atoms with Crippen molar-refractivity contribution in [2.75, 3.05) is 11.9 Å². The van der Waals surface area contributed by atoms with Crippen molar-refractivity contribution in [1.29, 1.82) is 0 Å². The Hall–Kier alpha value is -2.45. The Morgan fingerprint density at radius 2 is 2.11 bits per heavy atom. The Morgan fingerprint density at radius 3 is 2.92 bits per heavy atom. The van der Waals surface area contributed by atoms with Gasteiger partial charge in [0.05, 0.1) is 22.6 Å². The number of hydrogen-bond acceptors (Lipinski definition) is 9. The summed E-state index contributed by atoms with van der Waals surface area (Å²) in [6, 6.07) is 7.26. The van der Waals surface area contributed by atoms with Crippen molar-refractivity contribution < 1.29 is 27.6 Å². The van der Waals surface area contributed by atoms with Crippen LogP contribution in [-0.2, 0) is 21.5 Å². The van der Waals surface area contributed by atoms with Gasteiger partial charge >= 0.3 is 10.3 Å². The number of halogens is 1. The molecule has 2 aliphatic rings. The van der Waals surface area contributed by atoms with Gasteiger partial charge in [-0.15, -0.1) is 11.3 Å². The number of aliphatic hydroxyl groups excluding tert-OH is 1. The van der Waals surface area contributed by atoms with Crippen molar-refractivity contribution in [2.24, 2.45) is 0 Å². The first-order valence-electron chi connectivity index (χ1n) is 11.6. The molecule has 0 amide bonds. The normalized spacial score (nSPS) is 22.4. The van der Waals surface area contributed by atoms with Gasteiger partial charge in [-0.3, -0.25) is 9.35 Å². The van der Waals surface area contributed by atoms with E-state index in [0.29, 0.717) is 16.5 Å². The molecule has 0 bridgehead atoms. The maximum Gasteiger partial charge on any atom is 0.334 e. The third-order valence-electron chi connectivity index (χ3n) is 6.35. The van der Waals surface area contributed by atoms with Crippen molar-refractivity contribution in [1.82, 2.24) is 14.7 Å². The second kappa shape index (κ2) is 10.7. The van der Waals surface area contributed by atoms with Crippen LogP contribution in [0.25, 0.3) is 0 Å². The smallest absolute Gasteiger partial charge is 0.334 e. The number of carbonyl (C=O) groups is 1. The van der Waals surface area contributed by atoms with Crippen molar-refractivity contribution in [2.45, 2.75) is 43.9 Å². The van der Waals surface area contributed by atoms with E-state index in [1.165, 1.54) is 29.4 Å². The standard InChI is InChI=1S/C24H24ClN4O6S2/c25-15-4-3-13-2-1-5-35-23(17(13)7-15)14-6-21(36-11-14)22(31)18-10-26-12-27-24(18)28-16-8-19(20(30)9-16)29-37(32,33)34/h3-4,6-7,10-12,16,20,23,29-30H,1-2,5,8-9H2,(H,26,27,28)(H,32,33,34)/t16-,20+,23+/m1/s1. The van der Waals surface area contributed by atoms with Crippen LogP contribution in [0.5, 0.6) is 0 Å². The Balaban J connectivity index is 1.36. The monoisotopic (exact) mass is 563 g/mol. The van der Waals surface area contributed by atoms with Gasteiger partial charge < -0.3 is 15.2 Å². The molecule has 10 nitrogen and oxygen atoms in total. The molecule has 0 saturated heterocycles. The molecule has 1 aliphatic carbocycles. The largest absolute Gasteiger partial charge is 0.391 e. The van der Waals surface area contributed by atoms with Crippen molar-refractivity contribution in [3.05, 3.63) is 80.4 Å². The van der Waals surface area contributed by atoms with E-state index in [1.54, 1.807) is 0 Å². The van der Waals surface area contributed by atoms with Crippen LogP contribution in [0.4, 0.5) is 5.82 Å². The summed E-state index contributed by atoms with van der Waals surface area (Å²) in [5.74, 6) is -0.0128. The van der Waals surface area contributed by atoms with E-state index in [4.69, 9.17) is 20.9 Å². The number of ketones is 1. The molecule has 37 heavy (non-hydrogen) atoms. The van der Waals surface area contributed by atoms with E-state index < -0.39 is 22.4 Å². The summed E-state index contributed by atoms with van der Waals surface area (Å²) in [5.41, 5.74) is 3.27. The maximum absolute atomic E-state index is 13.5. The topological polar surface area (TPSA) is 151 Å². The van der Waals surface area contributed by atoms with Gasteiger partial charge in [-0.1, -0.05) is 17.7 Å². The molecular formula is C24H24ClN4O6S2. The summed E-state index contributed by atoms with van der Waals surface area (Å²) in [7, 11) is -4.50. The third kappa shape index (κ3) is 6.01. The fourth-order valence-corrected chi connectivity index (χ4v) is 6.30. The Kier molecular flexibility index (Phi) is 7.59. The number of aromatic nitrogens is 2. The number of aliphatic hydroxyl groups is 1. The van der Waals surface area contributed by atoms with E-state index in [2.05, 4.69) is 15.3 Å². The highest BCUT2D eigenvalue weighted by molar-refractivity contribution is 7.83. The molecule has 4 N–H and O–H groups in total. The number of aryl methyl sites for hydroxylation is 1. The summed E-state index contributed by atoms with van der Waals surface area (Å²) < 4.78 is 39.4. The number of anilines is 1. The fourth-order valence-electron chi connectivity index (χ4n) is 4.69. The number of benzene rings is 1. The second-order valence-electron chi connectivity index (χ2n) is 8.96. The lowest BCUT2D eigenvalue weighted by molar-refractivity contribution is 0.0844. The van der Waals surface area contributed by atoms with Gasteiger partial charge in [0.25, 0.3) is 0 Å². The number of nitrogens with one attached hydrogen (secondary N) is 2. The molecule has 13 heteroatoms. The van der Waals surface area contributed by atoms with Crippen LogP contribution < -0.4 is 10.0 Å². The summed E-state index contributed by atoms with van der Waals surface area (Å²) in [6.45, 7) is 0.593. The van der Waals surface area contributed by atoms with Gasteiger partial charge in [0.15, 0.2) is 0 Å². The summed E-state index contributed by atoms with van der Waals surface area (Å²) in [5, 5.41) is 15.8. The van der Waals surface area contributed by atoms with E-state index in [9.17, 15) is 18.3 Å². The van der Waals surface area contributed by atoms with Gasteiger partial charge in [-0.2, -0.15) is 13.1 Å². The Bertz CT molecular complexity index is 1420. The first-order chi connectivity index (χ1) is 17.7. The van der Waals surface area contributed by atoms with Crippen LogP contribution in [0.2, 0.25) is 5.02 Å². The van der Waals surface area contributed by atoms with Gasteiger partial charge in [0.2, 0.25) is 5.78 Å². The highest BCUT2D eigenvalue weighted by atomic mass is 35.5. The molecule has 5 rings (SSSR count). The van der Waals surface area contributed by atoms with Crippen LogP contribution in [0.3, 0.4) is 0 Å². The Morgan fingerprint density at radius 1 is 1.27 bits per heavy atom. The molecule has 1 saturated carbocycles. The van der Waals surface area contributed by atoms with Gasteiger partial charge in [-0.05, 0) is 66.0 Å². The van der Waals surface area contributed by atoms with Crippen LogP contribution in [0.15, 0.2) is 42.2 Å². The van der Waals surface area contributed by atoms with E-state index in [0.717, 1.165) is 24.0 Å². The minimum Gasteiger partial charge on any atom is -0.391 e. The molecule has 3 heterocycles. The zero-order valence-electron chi connectivity index (χ0n) is 19.4. The van der Waals surface area contributed by atoms with Crippen molar-refractivity contribution in [3.63, 3.8) is 0 Å². The summed E-state index contributed by atoms with van der Waals surface area (Å²) >= 11 is 7.56. The fraction of sp³-hybridized carbons (Fsp3) is 0.333. The second-order valence-corrected chi connectivity index (χ2v) is 11.5. The lowest BCUT2D eigenvalue weighted by Gasteiger charge is -2.17. The van der Waals surface area contributed by atoms with Gasteiger partial charge in [0.1, 0.15) is 18.2 Å². The number of rotatable bonds is 7. The first kappa shape index (κ1) is 26.2. The first-order valence-corrected chi connectivity index (χ1v) is 14.3.